The standard InChI is InChI=1S/C26H30N4O5/c1-15-13-18(27-24(32)35-14-17-9-7-6-8-10-17)21-19(29(15)16(2)31)11-12-20-22(21)28-23(26(3,4)5)30(20)25(33)34/h6-12,15,18H,13-14H2,1-5H3,(H,27,32)(H,33,34)/t15-,18+/m0/s1. The van der Waals surface area contributed by atoms with Gasteiger partial charge in [-0.15, -0.1) is 0 Å². The fourth-order valence-electron chi connectivity index (χ4n) is 4.72. The lowest BCUT2D eigenvalue weighted by atomic mass is 9.90. The molecular formula is C26H30N4O5. The highest BCUT2D eigenvalue weighted by molar-refractivity contribution is 5.99. The summed E-state index contributed by atoms with van der Waals surface area (Å²) in [6.07, 6.45) is -1.31. The van der Waals surface area contributed by atoms with Crippen molar-refractivity contribution in [1.29, 1.82) is 0 Å². The molecule has 4 rings (SSSR count). The van der Waals surface area contributed by atoms with E-state index < -0.39 is 23.6 Å². The van der Waals surface area contributed by atoms with Crippen molar-refractivity contribution < 1.29 is 24.2 Å². The number of carboxylic acid groups (broad SMARTS) is 1. The van der Waals surface area contributed by atoms with Crippen molar-refractivity contribution >= 4 is 34.8 Å². The van der Waals surface area contributed by atoms with Gasteiger partial charge in [-0.2, -0.15) is 0 Å². The Bertz CT molecular complexity index is 1290. The van der Waals surface area contributed by atoms with E-state index in [4.69, 9.17) is 9.72 Å². The van der Waals surface area contributed by atoms with E-state index in [2.05, 4.69) is 5.32 Å². The highest BCUT2D eigenvalue weighted by Gasteiger charge is 2.37. The van der Waals surface area contributed by atoms with E-state index >= 15 is 0 Å². The van der Waals surface area contributed by atoms with Crippen LogP contribution >= 0.6 is 0 Å². The van der Waals surface area contributed by atoms with Crippen LogP contribution in [0, 0.1) is 0 Å². The van der Waals surface area contributed by atoms with Crippen LogP contribution in [0.5, 0.6) is 0 Å². The van der Waals surface area contributed by atoms with Crippen molar-refractivity contribution in [2.45, 2.75) is 65.1 Å². The maximum Gasteiger partial charge on any atom is 0.417 e. The number of anilines is 1. The molecule has 0 aliphatic carbocycles. The lowest BCUT2D eigenvalue weighted by molar-refractivity contribution is -0.117. The molecule has 2 amide bonds. The number of alkyl carbamates (subject to hydrolysis) is 1. The van der Waals surface area contributed by atoms with E-state index in [9.17, 15) is 19.5 Å². The molecule has 1 aliphatic heterocycles. The second-order valence-corrected chi connectivity index (χ2v) is 9.90. The number of carbonyl (C=O) groups is 3. The maximum atomic E-state index is 12.8. The van der Waals surface area contributed by atoms with Crippen LogP contribution in [0.15, 0.2) is 42.5 Å². The molecule has 0 saturated heterocycles. The second kappa shape index (κ2) is 9.05. The summed E-state index contributed by atoms with van der Waals surface area (Å²) in [6.45, 7) is 9.19. The largest absolute Gasteiger partial charge is 0.464 e. The van der Waals surface area contributed by atoms with Gasteiger partial charge in [0.05, 0.1) is 22.8 Å². The normalized spacial score (nSPS) is 17.7. The number of amides is 2. The molecule has 3 aromatic rings. The lowest BCUT2D eigenvalue weighted by Gasteiger charge is -2.39. The van der Waals surface area contributed by atoms with Crippen LogP contribution in [-0.2, 0) is 21.6 Å². The molecule has 35 heavy (non-hydrogen) atoms. The SMILES string of the molecule is CC(=O)N1c2ccc3c(nc(C(C)(C)C)n3C(=O)O)c2[C@H](NC(=O)OCc2ccccc2)C[C@@H]1C. The molecule has 9 heteroatoms. The number of rotatable bonds is 3. The van der Waals surface area contributed by atoms with Gasteiger partial charge in [0, 0.05) is 23.9 Å². The van der Waals surface area contributed by atoms with Crippen molar-refractivity contribution in [3.8, 4) is 0 Å². The summed E-state index contributed by atoms with van der Waals surface area (Å²) < 4.78 is 6.62. The summed E-state index contributed by atoms with van der Waals surface area (Å²) in [7, 11) is 0. The summed E-state index contributed by atoms with van der Waals surface area (Å²) in [5.41, 5.74) is 2.38. The summed E-state index contributed by atoms with van der Waals surface area (Å²) in [6, 6.07) is 12.0. The third kappa shape index (κ3) is 4.58. The quantitative estimate of drug-likeness (QED) is 0.549. The number of aromatic nitrogens is 2. The topological polar surface area (TPSA) is 114 Å². The van der Waals surface area contributed by atoms with Crippen molar-refractivity contribution in [3.63, 3.8) is 0 Å². The number of hydrogen-bond acceptors (Lipinski definition) is 5. The molecule has 1 aromatic heterocycles. The van der Waals surface area contributed by atoms with Gasteiger partial charge in [0.15, 0.2) is 0 Å². The first-order valence-electron chi connectivity index (χ1n) is 11.5. The van der Waals surface area contributed by atoms with Crippen LogP contribution < -0.4 is 10.2 Å². The molecule has 0 fully saturated rings. The summed E-state index contributed by atoms with van der Waals surface area (Å²) >= 11 is 0. The molecular weight excluding hydrogens is 448 g/mol. The van der Waals surface area contributed by atoms with Crippen LogP contribution in [-0.4, -0.2) is 38.8 Å². The molecule has 1 aliphatic rings. The van der Waals surface area contributed by atoms with Crippen molar-refractivity contribution in [1.82, 2.24) is 14.9 Å². The first-order chi connectivity index (χ1) is 16.5. The Balaban J connectivity index is 1.79. The summed E-state index contributed by atoms with van der Waals surface area (Å²) in [5.74, 6) is 0.240. The number of nitrogens with one attached hydrogen (secondary N) is 1. The van der Waals surface area contributed by atoms with Gasteiger partial charge in [0.1, 0.15) is 12.4 Å². The first-order valence-corrected chi connectivity index (χ1v) is 11.5. The van der Waals surface area contributed by atoms with E-state index in [0.717, 1.165) is 5.56 Å². The third-order valence-corrected chi connectivity index (χ3v) is 6.17. The first kappa shape index (κ1) is 24.3. The zero-order valence-corrected chi connectivity index (χ0v) is 20.5. The van der Waals surface area contributed by atoms with Gasteiger partial charge in [-0.1, -0.05) is 51.1 Å². The summed E-state index contributed by atoms with van der Waals surface area (Å²) in [4.78, 5) is 43.9. The molecule has 2 atom stereocenters. The van der Waals surface area contributed by atoms with Crippen molar-refractivity contribution in [2.24, 2.45) is 0 Å². The molecule has 0 radical (unpaired) electrons. The number of carbonyl (C=O) groups excluding carboxylic acids is 2. The summed E-state index contributed by atoms with van der Waals surface area (Å²) in [5, 5.41) is 12.9. The Labute approximate surface area is 203 Å². The van der Waals surface area contributed by atoms with Crippen LogP contribution in [0.2, 0.25) is 0 Å². The van der Waals surface area contributed by atoms with Gasteiger partial charge < -0.3 is 20.1 Å². The van der Waals surface area contributed by atoms with Crippen LogP contribution in [0.1, 0.15) is 64.0 Å². The Hall–Kier alpha value is -3.88. The zero-order valence-electron chi connectivity index (χ0n) is 20.5. The molecule has 184 valence electrons. The van der Waals surface area contributed by atoms with Gasteiger partial charge in [-0.25, -0.2) is 19.1 Å². The van der Waals surface area contributed by atoms with E-state index in [1.807, 2.05) is 58.0 Å². The highest BCUT2D eigenvalue weighted by Crippen LogP contribution is 2.42. The van der Waals surface area contributed by atoms with E-state index in [-0.39, 0.29) is 18.6 Å². The molecule has 2 heterocycles. The Kier molecular flexibility index (Phi) is 6.27. The Morgan fingerprint density at radius 2 is 1.83 bits per heavy atom. The Morgan fingerprint density at radius 3 is 2.43 bits per heavy atom. The van der Waals surface area contributed by atoms with E-state index in [1.165, 1.54) is 11.5 Å². The van der Waals surface area contributed by atoms with E-state index in [1.54, 1.807) is 17.0 Å². The molecule has 0 spiro atoms. The highest BCUT2D eigenvalue weighted by atomic mass is 16.5. The van der Waals surface area contributed by atoms with Crippen LogP contribution in [0.3, 0.4) is 0 Å². The fraction of sp³-hybridized carbons (Fsp3) is 0.385. The number of ether oxygens (including phenoxy) is 1. The molecule has 0 saturated carbocycles. The maximum absolute atomic E-state index is 12.8. The van der Waals surface area contributed by atoms with Crippen molar-refractivity contribution in [3.05, 3.63) is 59.4 Å². The van der Waals surface area contributed by atoms with Gasteiger partial charge in [-0.3, -0.25) is 4.79 Å². The van der Waals surface area contributed by atoms with Crippen LogP contribution in [0.4, 0.5) is 15.3 Å². The molecule has 0 bridgehead atoms. The number of benzene rings is 2. The number of fused-ring (bicyclic) bond motifs is 3. The lowest BCUT2D eigenvalue weighted by Crippen LogP contribution is -2.45. The average molecular weight is 479 g/mol. The zero-order chi connectivity index (χ0) is 25.5. The minimum atomic E-state index is -1.14. The van der Waals surface area contributed by atoms with E-state index in [0.29, 0.717) is 34.5 Å². The van der Waals surface area contributed by atoms with Gasteiger partial charge in [0.25, 0.3) is 0 Å². The number of imidazole rings is 1. The molecule has 9 nitrogen and oxygen atoms in total. The fourth-order valence-corrected chi connectivity index (χ4v) is 4.72. The van der Waals surface area contributed by atoms with Crippen molar-refractivity contribution in [2.75, 3.05) is 4.90 Å². The predicted molar refractivity (Wildman–Crippen MR) is 132 cm³/mol. The smallest absolute Gasteiger partial charge is 0.417 e. The number of hydrogen-bond donors (Lipinski definition) is 2. The third-order valence-electron chi connectivity index (χ3n) is 6.17. The van der Waals surface area contributed by atoms with Crippen LogP contribution in [0.25, 0.3) is 11.0 Å². The van der Waals surface area contributed by atoms with Gasteiger partial charge in [-0.05, 0) is 31.0 Å². The number of nitrogens with zero attached hydrogens (tertiary/aromatic N) is 3. The Morgan fingerprint density at radius 1 is 1.14 bits per heavy atom. The minimum Gasteiger partial charge on any atom is -0.464 e. The second-order valence-electron chi connectivity index (χ2n) is 9.90. The predicted octanol–water partition coefficient (Wildman–Crippen LogP) is 4.97. The van der Waals surface area contributed by atoms with Gasteiger partial charge >= 0.3 is 12.2 Å². The monoisotopic (exact) mass is 478 g/mol. The molecule has 0 unspecified atom stereocenters. The van der Waals surface area contributed by atoms with Gasteiger partial charge in [0.2, 0.25) is 5.91 Å². The molecule has 2 N–H and O–H groups in total. The minimum absolute atomic E-state index is 0.118. The molecule has 2 aromatic carbocycles. The average Bonchev–Trinajstić information content (AvgIpc) is 3.18.